The van der Waals surface area contributed by atoms with Crippen LogP contribution in [0.15, 0.2) is 0 Å². The first-order valence-electron chi connectivity index (χ1n) is 5.77. The molecule has 0 aromatic carbocycles. The molecule has 1 aliphatic rings. The highest BCUT2D eigenvalue weighted by atomic mass is 16.3. The molecule has 0 saturated carbocycles. The van der Waals surface area contributed by atoms with Crippen LogP contribution in [-0.2, 0) is 9.59 Å². The van der Waals surface area contributed by atoms with Gasteiger partial charge in [0.05, 0.1) is 13.2 Å². The quantitative estimate of drug-likeness (QED) is 0.727. The van der Waals surface area contributed by atoms with E-state index < -0.39 is 0 Å². The molecule has 1 heterocycles. The lowest BCUT2D eigenvalue weighted by Crippen LogP contribution is -2.42. The average Bonchev–Trinajstić information content (AvgIpc) is 2.45. The van der Waals surface area contributed by atoms with Crippen LogP contribution in [0.1, 0.15) is 25.7 Å². The number of rotatable bonds is 4. The van der Waals surface area contributed by atoms with Gasteiger partial charge in [-0.15, -0.1) is 0 Å². The predicted octanol–water partition coefficient (Wildman–Crippen LogP) is -0.160. The summed E-state index contributed by atoms with van der Waals surface area (Å²) in [7, 11) is 1.64. The molecular formula is C11H20N2O3. The maximum Gasteiger partial charge on any atom is 0.242 e. The first kappa shape index (κ1) is 13.0. The van der Waals surface area contributed by atoms with E-state index in [1.54, 1.807) is 11.9 Å². The van der Waals surface area contributed by atoms with Crippen LogP contribution in [0.5, 0.6) is 0 Å². The van der Waals surface area contributed by atoms with Crippen molar-refractivity contribution in [2.75, 3.05) is 33.3 Å². The molecule has 1 N–H and O–H groups in total. The van der Waals surface area contributed by atoms with Gasteiger partial charge in [-0.2, -0.15) is 0 Å². The minimum absolute atomic E-state index is 0.0454. The monoisotopic (exact) mass is 228 g/mol. The molecule has 0 atom stereocenters. The number of hydrogen-bond acceptors (Lipinski definition) is 3. The third kappa shape index (κ3) is 3.81. The summed E-state index contributed by atoms with van der Waals surface area (Å²) < 4.78 is 0. The molecule has 0 aliphatic carbocycles. The third-order valence-electron chi connectivity index (χ3n) is 2.86. The van der Waals surface area contributed by atoms with Crippen molar-refractivity contribution in [1.29, 1.82) is 0 Å². The Morgan fingerprint density at radius 3 is 2.88 bits per heavy atom. The van der Waals surface area contributed by atoms with E-state index in [0.717, 1.165) is 19.3 Å². The van der Waals surface area contributed by atoms with Crippen molar-refractivity contribution in [3.63, 3.8) is 0 Å². The fourth-order valence-corrected chi connectivity index (χ4v) is 1.76. The minimum atomic E-state index is -0.107. The van der Waals surface area contributed by atoms with Crippen LogP contribution >= 0.6 is 0 Å². The maximum atomic E-state index is 11.7. The molecule has 0 radical (unpaired) electrons. The second kappa shape index (κ2) is 6.48. The lowest BCUT2D eigenvalue weighted by atomic mass is 10.2. The van der Waals surface area contributed by atoms with Gasteiger partial charge in [-0.3, -0.25) is 9.59 Å². The van der Waals surface area contributed by atoms with Crippen LogP contribution in [-0.4, -0.2) is 60.0 Å². The minimum Gasteiger partial charge on any atom is -0.395 e. The van der Waals surface area contributed by atoms with Gasteiger partial charge in [-0.25, -0.2) is 0 Å². The molecule has 0 aromatic rings. The summed E-state index contributed by atoms with van der Waals surface area (Å²) in [6.45, 7) is 1.10. The average molecular weight is 228 g/mol. The van der Waals surface area contributed by atoms with Crippen molar-refractivity contribution in [2.24, 2.45) is 0 Å². The van der Waals surface area contributed by atoms with Crippen molar-refractivity contribution in [1.82, 2.24) is 9.80 Å². The van der Waals surface area contributed by atoms with E-state index in [0.29, 0.717) is 19.5 Å². The van der Waals surface area contributed by atoms with E-state index >= 15 is 0 Å². The number of hydrogen-bond donors (Lipinski definition) is 1. The summed E-state index contributed by atoms with van der Waals surface area (Å²) >= 11 is 0. The fraction of sp³-hybridized carbons (Fsp3) is 0.818. The molecule has 0 aromatic heterocycles. The molecule has 92 valence electrons. The van der Waals surface area contributed by atoms with Gasteiger partial charge in [-0.05, 0) is 12.8 Å². The van der Waals surface area contributed by atoms with Gasteiger partial charge in [0.25, 0.3) is 0 Å². The van der Waals surface area contributed by atoms with Gasteiger partial charge >= 0.3 is 0 Å². The second-order valence-corrected chi connectivity index (χ2v) is 4.16. The molecular weight excluding hydrogens is 208 g/mol. The second-order valence-electron chi connectivity index (χ2n) is 4.16. The summed E-state index contributed by atoms with van der Waals surface area (Å²) in [5.41, 5.74) is 0. The Labute approximate surface area is 96.0 Å². The summed E-state index contributed by atoms with van der Waals surface area (Å²) in [5, 5.41) is 8.71. The van der Waals surface area contributed by atoms with Crippen LogP contribution in [0.25, 0.3) is 0 Å². The standard InChI is InChI=1S/C11H20N2O3/c1-12(7-8-14)11(16)9-13-6-4-2-3-5-10(13)15/h14H,2-9H2,1H3. The fourth-order valence-electron chi connectivity index (χ4n) is 1.76. The van der Waals surface area contributed by atoms with Crippen molar-refractivity contribution < 1.29 is 14.7 Å². The van der Waals surface area contributed by atoms with E-state index in [1.807, 2.05) is 0 Å². The van der Waals surface area contributed by atoms with Crippen LogP contribution in [0.2, 0.25) is 0 Å². The predicted molar refractivity (Wildman–Crippen MR) is 59.8 cm³/mol. The molecule has 5 nitrogen and oxygen atoms in total. The number of likely N-dealkylation sites (tertiary alicyclic amines) is 1. The summed E-state index contributed by atoms with van der Waals surface area (Å²) in [4.78, 5) is 26.4. The number of amides is 2. The van der Waals surface area contributed by atoms with Crippen LogP contribution < -0.4 is 0 Å². The topological polar surface area (TPSA) is 60.9 Å². The van der Waals surface area contributed by atoms with Gasteiger partial charge in [0, 0.05) is 26.6 Å². The molecule has 5 heteroatoms. The molecule has 1 saturated heterocycles. The first-order valence-corrected chi connectivity index (χ1v) is 5.77. The summed E-state index contributed by atoms with van der Waals surface area (Å²) in [5.74, 6) is -0.0347. The Kier molecular flexibility index (Phi) is 5.25. The highest BCUT2D eigenvalue weighted by Gasteiger charge is 2.20. The Bertz CT molecular complexity index is 256. The van der Waals surface area contributed by atoms with E-state index in [2.05, 4.69) is 0 Å². The zero-order valence-electron chi connectivity index (χ0n) is 9.81. The molecule has 0 spiro atoms. The van der Waals surface area contributed by atoms with Crippen LogP contribution in [0, 0.1) is 0 Å². The number of aliphatic hydroxyl groups is 1. The highest BCUT2D eigenvalue weighted by molar-refractivity contribution is 5.84. The van der Waals surface area contributed by atoms with Crippen molar-refractivity contribution in [2.45, 2.75) is 25.7 Å². The zero-order valence-corrected chi connectivity index (χ0v) is 9.81. The first-order chi connectivity index (χ1) is 7.65. The lowest BCUT2D eigenvalue weighted by molar-refractivity contribution is -0.139. The largest absolute Gasteiger partial charge is 0.395 e. The van der Waals surface area contributed by atoms with Gasteiger partial charge < -0.3 is 14.9 Å². The van der Waals surface area contributed by atoms with Crippen molar-refractivity contribution >= 4 is 11.8 Å². The summed E-state index contributed by atoms with van der Waals surface area (Å²) in [6.07, 6.45) is 3.51. The van der Waals surface area contributed by atoms with E-state index in [-0.39, 0.29) is 25.0 Å². The number of aliphatic hydroxyl groups excluding tert-OH is 1. The smallest absolute Gasteiger partial charge is 0.242 e. The molecule has 1 aliphatic heterocycles. The third-order valence-corrected chi connectivity index (χ3v) is 2.86. The molecule has 1 fully saturated rings. The number of carbonyl (C=O) groups is 2. The Balaban J connectivity index is 2.44. The van der Waals surface area contributed by atoms with E-state index in [4.69, 9.17) is 5.11 Å². The molecule has 16 heavy (non-hydrogen) atoms. The summed E-state index contributed by atoms with van der Waals surface area (Å²) in [6, 6.07) is 0. The maximum absolute atomic E-state index is 11.7. The molecule has 0 bridgehead atoms. The van der Waals surface area contributed by atoms with Crippen LogP contribution in [0.4, 0.5) is 0 Å². The Morgan fingerprint density at radius 2 is 2.19 bits per heavy atom. The molecule has 1 rings (SSSR count). The molecule has 2 amide bonds. The Hall–Kier alpha value is -1.10. The number of carbonyl (C=O) groups excluding carboxylic acids is 2. The van der Waals surface area contributed by atoms with Crippen molar-refractivity contribution in [3.8, 4) is 0 Å². The van der Waals surface area contributed by atoms with Crippen molar-refractivity contribution in [3.05, 3.63) is 0 Å². The van der Waals surface area contributed by atoms with Gasteiger partial charge in [-0.1, -0.05) is 6.42 Å². The zero-order chi connectivity index (χ0) is 12.0. The van der Waals surface area contributed by atoms with E-state index in [1.165, 1.54) is 4.90 Å². The van der Waals surface area contributed by atoms with Crippen LogP contribution in [0.3, 0.4) is 0 Å². The van der Waals surface area contributed by atoms with Gasteiger partial charge in [0.15, 0.2) is 0 Å². The molecule has 0 unspecified atom stereocenters. The van der Waals surface area contributed by atoms with Gasteiger partial charge in [0.2, 0.25) is 11.8 Å². The van der Waals surface area contributed by atoms with E-state index in [9.17, 15) is 9.59 Å². The highest BCUT2D eigenvalue weighted by Crippen LogP contribution is 2.10. The normalized spacial score (nSPS) is 17.1. The number of nitrogens with zero attached hydrogens (tertiary/aromatic N) is 2. The van der Waals surface area contributed by atoms with Gasteiger partial charge in [0.1, 0.15) is 0 Å². The Morgan fingerprint density at radius 1 is 1.44 bits per heavy atom. The lowest BCUT2D eigenvalue weighted by Gasteiger charge is -2.23. The SMILES string of the molecule is CN(CCO)C(=O)CN1CCCCCC1=O. The number of likely N-dealkylation sites (N-methyl/N-ethyl adjacent to an activating group) is 1.